The van der Waals surface area contributed by atoms with Crippen LogP contribution in [-0.4, -0.2) is 23.2 Å². The van der Waals surface area contributed by atoms with Crippen LogP contribution in [0, 0.1) is 0 Å². The van der Waals surface area contributed by atoms with Crippen molar-refractivity contribution in [2.75, 3.05) is 13.2 Å². The van der Waals surface area contributed by atoms with E-state index < -0.39 is 0 Å². The SMILES string of the molecule is OCCNCc1ccc2nc(Cc3ccccc3)oc2c1. The molecule has 0 bridgehead atoms. The topological polar surface area (TPSA) is 58.3 Å². The van der Waals surface area contributed by atoms with Gasteiger partial charge in [-0.25, -0.2) is 4.98 Å². The maximum absolute atomic E-state index is 8.77. The summed E-state index contributed by atoms with van der Waals surface area (Å²) in [7, 11) is 0. The number of oxazole rings is 1. The van der Waals surface area contributed by atoms with Gasteiger partial charge >= 0.3 is 0 Å². The van der Waals surface area contributed by atoms with Crippen LogP contribution < -0.4 is 5.32 Å². The Morgan fingerprint density at radius 2 is 1.90 bits per heavy atom. The summed E-state index contributed by atoms with van der Waals surface area (Å²) in [6.45, 7) is 1.45. The smallest absolute Gasteiger partial charge is 0.199 e. The van der Waals surface area contributed by atoms with E-state index in [1.54, 1.807) is 0 Å². The van der Waals surface area contributed by atoms with E-state index in [1.165, 1.54) is 5.56 Å². The fourth-order valence-corrected chi connectivity index (χ4v) is 2.28. The lowest BCUT2D eigenvalue weighted by Gasteiger charge is -2.01. The first-order valence-electron chi connectivity index (χ1n) is 7.09. The Bertz CT molecular complexity index is 707. The number of hydrogen-bond donors (Lipinski definition) is 2. The van der Waals surface area contributed by atoms with E-state index in [1.807, 2.05) is 36.4 Å². The molecule has 0 fully saturated rings. The zero-order valence-electron chi connectivity index (χ0n) is 11.7. The summed E-state index contributed by atoms with van der Waals surface area (Å²) >= 11 is 0. The van der Waals surface area contributed by atoms with Gasteiger partial charge in [0.25, 0.3) is 0 Å². The van der Waals surface area contributed by atoms with Gasteiger partial charge in [-0.15, -0.1) is 0 Å². The van der Waals surface area contributed by atoms with Crippen molar-refractivity contribution in [1.82, 2.24) is 10.3 Å². The van der Waals surface area contributed by atoms with E-state index in [0.29, 0.717) is 19.5 Å². The van der Waals surface area contributed by atoms with Crippen LogP contribution in [0.4, 0.5) is 0 Å². The Labute approximate surface area is 123 Å². The molecular formula is C17H18N2O2. The van der Waals surface area contributed by atoms with Gasteiger partial charge in [0.1, 0.15) is 5.52 Å². The number of hydrogen-bond acceptors (Lipinski definition) is 4. The molecule has 3 rings (SSSR count). The summed E-state index contributed by atoms with van der Waals surface area (Å²) in [6, 6.07) is 16.2. The highest BCUT2D eigenvalue weighted by molar-refractivity contribution is 5.73. The van der Waals surface area contributed by atoms with Crippen LogP contribution in [0.25, 0.3) is 11.1 Å². The summed E-state index contributed by atoms with van der Waals surface area (Å²) in [4.78, 5) is 4.52. The predicted octanol–water partition coefficient (Wildman–Crippen LogP) is 2.50. The molecule has 0 unspecified atom stereocenters. The molecule has 1 aromatic heterocycles. The standard InChI is InChI=1S/C17H18N2O2/c20-9-8-18-12-14-6-7-15-16(10-14)21-17(19-15)11-13-4-2-1-3-5-13/h1-7,10,18,20H,8-9,11-12H2. The minimum Gasteiger partial charge on any atom is -0.440 e. The van der Waals surface area contributed by atoms with Gasteiger partial charge in [-0.1, -0.05) is 36.4 Å². The number of aliphatic hydroxyl groups excluding tert-OH is 1. The molecule has 108 valence electrons. The van der Waals surface area contributed by atoms with E-state index in [9.17, 15) is 0 Å². The molecule has 0 saturated heterocycles. The Morgan fingerprint density at radius 3 is 2.71 bits per heavy atom. The van der Waals surface area contributed by atoms with Gasteiger partial charge in [0, 0.05) is 19.5 Å². The largest absolute Gasteiger partial charge is 0.440 e. The Balaban J connectivity index is 1.76. The zero-order valence-corrected chi connectivity index (χ0v) is 11.7. The fourth-order valence-electron chi connectivity index (χ4n) is 2.28. The molecule has 0 spiro atoms. The van der Waals surface area contributed by atoms with Gasteiger partial charge in [0.2, 0.25) is 0 Å². The van der Waals surface area contributed by atoms with E-state index in [2.05, 4.69) is 22.4 Å². The molecule has 0 atom stereocenters. The summed E-state index contributed by atoms with van der Waals surface area (Å²) in [5, 5.41) is 11.9. The van der Waals surface area contributed by atoms with Gasteiger partial charge in [0.15, 0.2) is 11.5 Å². The fraction of sp³-hybridized carbons (Fsp3) is 0.235. The normalized spacial score (nSPS) is 11.1. The highest BCUT2D eigenvalue weighted by Gasteiger charge is 2.07. The van der Waals surface area contributed by atoms with Gasteiger partial charge < -0.3 is 14.8 Å². The van der Waals surface area contributed by atoms with Crippen molar-refractivity contribution < 1.29 is 9.52 Å². The number of fused-ring (bicyclic) bond motifs is 1. The monoisotopic (exact) mass is 282 g/mol. The molecule has 3 aromatic rings. The second-order valence-corrected chi connectivity index (χ2v) is 4.97. The predicted molar refractivity (Wildman–Crippen MR) is 82.0 cm³/mol. The molecule has 0 radical (unpaired) electrons. The van der Waals surface area contributed by atoms with Crippen LogP contribution in [0.5, 0.6) is 0 Å². The second kappa shape index (κ2) is 6.52. The first-order valence-corrected chi connectivity index (χ1v) is 7.09. The number of nitrogens with zero attached hydrogens (tertiary/aromatic N) is 1. The lowest BCUT2D eigenvalue weighted by Crippen LogP contribution is -2.17. The van der Waals surface area contributed by atoms with Crippen LogP contribution in [0.1, 0.15) is 17.0 Å². The van der Waals surface area contributed by atoms with Crippen molar-refractivity contribution >= 4 is 11.1 Å². The lowest BCUT2D eigenvalue weighted by molar-refractivity contribution is 0.292. The van der Waals surface area contributed by atoms with Crippen molar-refractivity contribution in [3.05, 3.63) is 65.5 Å². The third kappa shape index (κ3) is 3.48. The Hall–Kier alpha value is -2.17. The van der Waals surface area contributed by atoms with Crippen LogP contribution in [0.15, 0.2) is 52.9 Å². The van der Waals surface area contributed by atoms with Crippen molar-refractivity contribution in [2.24, 2.45) is 0 Å². The van der Waals surface area contributed by atoms with Gasteiger partial charge in [-0.05, 0) is 23.3 Å². The number of nitrogens with one attached hydrogen (secondary N) is 1. The quantitative estimate of drug-likeness (QED) is 0.682. The third-order valence-corrected chi connectivity index (χ3v) is 3.31. The van der Waals surface area contributed by atoms with Crippen LogP contribution >= 0.6 is 0 Å². The Kier molecular flexibility index (Phi) is 4.28. The van der Waals surface area contributed by atoms with Crippen molar-refractivity contribution in [3.8, 4) is 0 Å². The molecule has 21 heavy (non-hydrogen) atoms. The summed E-state index contributed by atoms with van der Waals surface area (Å²) in [6.07, 6.45) is 0.702. The molecule has 1 heterocycles. The molecule has 0 saturated carbocycles. The molecule has 0 amide bonds. The highest BCUT2D eigenvalue weighted by atomic mass is 16.3. The molecule has 2 aromatic carbocycles. The zero-order chi connectivity index (χ0) is 14.5. The third-order valence-electron chi connectivity index (χ3n) is 3.31. The molecule has 4 heteroatoms. The maximum Gasteiger partial charge on any atom is 0.199 e. The molecule has 4 nitrogen and oxygen atoms in total. The highest BCUT2D eigenvalue weighted by Crippen LogP contribution is 2.19. The van der Waals surface area contributed by atoms with Crippen molar-refractivity contribution in [2.45, 2.75) is 13.0 Å². The van der Waals surface area contributed by atoms with Crippen molar-refractivity contribution in [3.63, 3.8) is 0 Å². The first-order chi connectivity index (χ1) is 10.3. The average molecular weight is 282 g/mol. The number of rotatable bonds is 6. The molecule has 0 aliphatic carbocycles. The van der Waals surface area contributed by atoms with Gasteiger partial charge in [0.05, 0.1) is 6.61 Å². The van der Waals surface area contributed by atoms with Crippen LogP contribution in [0.3, 0.4) is 0 Å². The van der Waals surface area contributed by atoms with Crippen LogP contribution in [0.2, 0.25) is 0 Å². The Morgan fingerprint density at radius 1 is 1.05 bits per heavy atom. The number of aromatic nitrogens is 1. The minimum atomic E-state index is 0.145. The molecule has 0 aliphatic rings. The summed E-state index contributed by atoms with van der Waals surface area (Å²) in [5.41, 5.74) is 4.00. The van der Waals surface area contributed by atoms with Crippen LogP contribution in [-0.2, 0) is 13.0 Å². The molecule has 0 aliphatic heterocycles. The van der Waals surface area contributed by atoms with Gasteiger partial charge in [-0.2, -0.15) is 0 Å². The van der Waals surface area contributed by atoms with E-state index in [-0.39, 0.29) is 6.61 Å². The van der Waals surface area contributed by atoms with E-state index >= 15 is 0 Å². The molecular weight excluding hydrogens is 264 g/mol. The first kappa shape index (κ1) is 13.8. The second-order valence-electron chi connectivity index (χ2n) is 4.97. The molecule has 2 N–H and O–H groups in total. The van der Waals surface area contributed by atoms with E-state index in [4.69, 9.17) is 9.52 Å². The summed E-state index contributed by atoms with van der Waals surface area (Å²) in [5.74, 6) is 0.733. The summed E-state index contributed by atoms with van der Waals surface area (Å²) < 4.78 is 5.83. The number of aliphatic hydroxyl groups is 1. The lowest BCUT2D eigenvalue weighted by atomic mass is 10.1. The average Bonchev–Trinajstić information content (AvgIpc) is 2.90. The maximum atomic E-state index is 8.77. The van der Waals surface area contributed by atoms with E-state index in [0.717, 1.165) is 22.6 Å². The minimum absolute atomic E-state index is 0.145. The number of benzene rings is 2. The van der Waals surface area contributed by atoms with Gasteiger partial charge in [-0.3, -0.25) is 0 Å². The van der Waals surface area contributed by atoms with Crippen molar-refractivity contribution in [1.29, 1.82) is 0 Å².